The van der Waals surface area contributed by atoms with Crippen molar-refractivity contribution >= 4 is 5.97 Å². The smallest absolute Gasteiger partial charge is 0.305 e. The Balaban J connectivity index is 2.15. The van der Waals surface area contributed by atoms with Gasteiger partial charge in [-0.3, -0.25) is 4.79 Å². The van der Waals surface area contributed by atoms with Crippen molar-refractivity contribution in [3.05, 3.63) is 36.0 Å². The predicted octanol–water partition coefficient (Wildman–Crippen LogP) is 1.73. The highest BCUT2D eigenvalue weighted by molar-refractivity contribution is 5.66. The molecule has 0 fully saturated rings. The van der Waals surface area contributed by atoms with E-state index in [9.17, 15) is 4.79 Å². The molecule has 0 atom stereocenters. The Bertz CT molecular complexity index is 534. The molecule has 1 aromatic carbocycles. The van der Waals surface area contributed by atoms with Gasteiger partial charge in [0.15, 0.2) is 0 Å². The normalized spacial score (nSPS) is 10.4. The third-order valence-electron chi connectivity index (χ3n) is 2.38. The second kappa shape index (κ2) is 4.78. The molecule has 1 heterocycles. The van der Waals surface area contributed by atoms with Gasteiger partial charge < -0.3 is 5.11 Å². The van der Waals surface area contributed by atoms with Crippen LogP contribution in [0.15, 0.2) is 30.5 Å². The number of aryl methyl sites for hydroxylation is 2. The van der Waals surface area contributed by atoms with E-state index >= 15 is 0 Å². The van der Waals surface area contributed by atoms with Crippen LogP contribution < -0.4 is 0 Å². The van der Waals surface area contributed by atoms with E-state index in [1.165, 1.54) is 4.80 Å². The summed E-state index contributed by atoms with van der Waals surface area (Å²) in [7, 11) is 0. The van der Waals surface area contributed by atoms with Gasteiger partial charge >= 0.3 is 5.97 Å². The van der Waals surface area contributed by atoms with Gasteiger partial charge in [0, 0.05) is 5.56 Å². The maximum atomic E-state index is 10.4. The molecule has 1 N–H and O–H groups in total. The molecule has 5 nitrogen and oxygen atoms in total. The highest BCUT2D eigenvalue weighted by Gasteiger charge is 2.05. The maximum Gasteiger partial charge on any atom is 0.305 e. The lowest BCUT2D eigenvalue weighted by Crippen LogP contribution is -2.07. The van der Waals surface area contributed by atoms with Crippen LogP contribution in [-0.2, 0) is 11.3 Å². The average molecular weight is 231 g/mol. The van der Waals surface area contributed by atoms with E-state index in [0.717, 1.165) is 16.8 Å². The van der Waals surface area contributed by atoms with E-state index in [4.69, 9.17) is 5.11 Å². The Labute approximate surface area is 98.7 Å². The first kappa shape index (κ1) is 11.3. The van der Waals surface area contributed by atoms with Gasteiger partial charge in [-0.15, -0.1) is 0 Å². The summed E-state index contributed by atoms with van der Waals surface area (Å²) in [5.74, 6) is -0.848. The predicted molar refractivity (Wildman–Crippen MR) is 62.4 cm³/mol. The van der Waals surface area contributed by atoms with Gasteiger partial charge in [0.05, 0.1) is 19.2 Å². The Morgan fingerprint density at radius 3 is 3.00 bits per heavy atom. The minimum absolute atomic E-state index is 0.0297. The molecule has 0 spiro atoms. The molecule has 17 heavy (non-hydrogen) atoms. The average Bonchev–Trinajstić information content (AvgIpc) is 2.75. The summed E-state index contributed by atoms with van der Waals surface area (Å²) in [6, 6.07) is 7.95. The second-order valence-electron chi connectivity index (χ2n) is 3.84. The zero-order valence-electron chi connectivity index (χ0n) is 9.50. The number of hydrogen-bond donors (Lipinski definition) is 1. The first-order valence-corrected chi connectivity index (χ1v) is 5.34. The molecule has 0 amide bonds. The highest BCUT2D eigenvalue weighted by Crippen LogP contribution is 2.16. The number of benzene rings is 1. The molecular weight excluding hydrogens is 218 g/mol. The molecule has 5 heteroatoms. The third kappa shape index (κ3) is 2.90. The van der Waals surface area contributed by atoms with Gasteiger partial charge in [-0.25, -0.2) is 0 Å². The van der Waals surface area contributed by atoms with Crippen molar-refractivity contribution in [2.75, 3.05) is 0 Å². The molecule has 0 saturated heterocycles. The SMILES string of the molecule is Cc1cccc(-c2cnn(CCC(=O)O)n2)c1. The Kier molecular flexibility index (Phi) is 3.18. The summed E-state index contributed by atoms with van der Waals surface area (Å²) < 4.78 is 0. The van der Waals surface area contributed by atoms with Crippen LogP contribution in [0.1, 0.15) is 12.0 Å². The summed E-state index contributed by atoms with van der Waals surface area (Å²) in [5.41, 5.74) is 2.91. The largest absolute Gasteiger partial charge is 0.481 e. The first-order chi connectivity index (χ1) is 8.15. The highest BCUT2D eigenvalue weighted by atomic mass is 16.4. The van der Waals surface area contributed by atoms with Gasteiger partial charge in [-0.1, -0.05) is 23.8 Å². The fourth-order valence-corrected chi connectivity index (χ4v) is 1.54. The van der Waals surface area contributed by atoms with Gasteiger partial charge in [0.2, 0.25) is 0 Å². The van der Waals surface area contributed by atoms with Crippen molar-refractivity contribution in [3.63, 3.8) is 0 Å². The van der Waals surface area contributed by atoms with E-state index in [-0.39, 0.29) is 6.42 Å². The van der Waals surface area contributed by atoms with Crippen LogP contribution in [0.2, 0.25) is 0 Å². The van der Waals surface area contributed by atoms with Crippen molar-refractivity contribution < 1.29 is 9.90 Å². The van der Waals surface area contributed by atoms with Crippen LogP contribution in [0, 0.1) is 6.92 Å². The van der Waals surface area contributed by atoms with E-state index < -0.39 is 5.97 Å². The standard InChI is InChI=1S/C12H13N3O2/c1-9-3-2-4-10(7-9)11-8-13-15(14-11)6-5-12(16)17/h2-4,7-8H,5-6H2,1H3,(H,16,17). The van der Waals surface area contributed by atoms with E-state index in [1.807, 2.05) is 31.2 Å². The zero-order chi connectivity index (χ0) is 12.3. The van der Waals surface area contributed by atoms with Crippen LogP contribution in [0.5, 0.6) is 0 Å². The van der Waals surface area contributed by atoms with Crippen LogP contribution in [0.4, 0.5) is 0 Å². The number of hydrogen-bond acceptors (Lipinski definition) is 3. The molecule has 0 aliphatic carbocycles. The molecule has 0 bridgehead atoms. The summed E-state index contributed by atoms with van der Waals surface area (Å²) in [5, 5.41) is 16.8. The van der Waals surface area contributed by atoms with E-state index in [2.05, 4.69) is 10.2 Å². The van der Waals surface area contributed by atoms with Gasteiger partial charge in [-0.05, 0) is 13.0 Å². The number of rotatable bonds is 4. The second-order valence-corrected chi connectivity index (χ2v) is 3.84. The molecule has 0 saturated carbocycles. The molecule has 88 valence electrons. The monoisotopic (exact) mass is 231 g/mol. The fraction of sp³-hybridized carbons (Fsp3) is 0.250. The lowest BCUT2D eigenvalue weighted by Gasteiger charge is -1.98. The number of aromatic nitrogens is 3. The van der Waals surface area contributed by atoms with Crippen molar-refractivity contribution in [3.8, 4) is 11.3 Å². The van der Waals surface area contributed by atoms with Gasteiger partial charge in [0.1, 0.15) is 5.69 Å². The molecule has 0 aliphatic rings. The molecule has 0 aliphatic heterocycles. The van der Waals surface area contributed by atoms with Gasteiger partial charge in [-0.2, -0.15) is 15.0 Å². The summed E-state index contributed by atoms with van der Waals surface area (Å²) in [6.07, 6.45) is 1.68. The topological polar surface area (TPSA) is 68.0 Å². The minimum Gasteiger partial charge on any atom is -0.481 e. The molecule has 0 unspecified atom stereocenters. The maximum absolute atomic E-state index is 10.4. The Hall–Kier alpha value is -2.17. The third-order valence-corrected chi connectivity index (χ3v) is 2.38. The fourth-order valence-electron chi connectivity index (χ4n) is 1.54. The minimum atomic E-state index is -0.848. The molecule has 1 aromatic heterocycles. The van der Waals surface area contributed by atoms with Crippen molar-refractivity contribution in [2.45, 2.75) is 19.9 Å². The molecular formula is C12H13N3O2. The summed E-state index contributed by atoms with van der Waals surface area (Å²) >= 11 is 0. The lowest BCUT2D eigenvalue weighted by atomic mass is 10.1. The van der Waals surface area contributed by atoms with E-state index in [1.54, 1.807) is 6.20 Å². The Morgan fingerprint density at radius 1 is 1.47 bits per heavy atom. The number of carboxylic acids is 1. The van der Waals surface area contributed by atoms with Crippen molar-refractivity contribution in [2.24, 2.45) is 0 Å². The number of carbonyl (C=O) groups is 1. The Morgan fingerprint density at radius 2 is 2.29 bits per heavy atom. The first-order valence-electron chi connectivity index (χ1n) is 5.34. The molecule has 2 rings (SSSR count). The molecule has 2 aromatic rings. The van der Waals surface area contributed by atoms with Crippen LogP contribution in [-0.4, -0.2) is 26.1 Å². The van der Waals surface area contributed by atoms with Crippen molar-refractivity contribution in [1.29, 1.82) is 0 Å². The van der Waals surface area contributed by atoms with E-state index in [0.29, 0.717) is 6.54 Å². The zero-order valence-corrected chi connectivity index (χ0v) is 9.50. The summed E-state index contributed by atoms with van der Waals surface area (Å²) in [4.78, 5) is 11.8. The number of aliphatic carboxylic acids is 1. The van der Waals surface area contributed by atoms with Crippen LogP contribution in [0.25, 0.3) is 11.3 Å². The molecule has 0 radical (unpaired) electrons. The van der Waals surface area contributed by atoms with Crippen LogP contribution in [0.3, 0.4) is 0 Å². The van der Waals surface area contributed by atoms with Gasteiger partial charge in [0.25, 0.3) is 0 Å². The number of nitrogens with zero attached hydrogens (tertiary/aromatic N) is 3. The number of carboxylic acid groups (broad SMARTS) is 1. The van der Waals surface area contributed by atoms with Crippen molar-refractivity contribution in [1.82, 2.24) is 15.0 Å². The summed E-state index contributed by atoms with van der Waals surface area (Å²) in [6.45, 7) is 2.31. The quantitative estimate of drug-likeness (QED) is 0.870. The van der Waals surface area contributed by atoms with Crippen LogP contribution >= 0.6 is 0 Å². The lowest BCUT2D eigenvalue weighted by molar-refractivity contribution is -0.137.